The van der Waals surface area contributed by atoms with E-state index in [2.05, 4.69) is 5.32 Å². The van der Waals surface area contributed by atoms with Gasteiger partial charge in [-0.3, -0.25) is 29.8 Å². The van der Waals surface area contributed by atoms with Crippen LogP contribution in [0.4, 0.5) is 27.1 Å². The molecule has 1 N–H and O–H groups in total. The molecule has 172 valence electrons. The number of nitrogens with one attached hydrogen (secondary N) is 1. The minimum absolute atomic E-state index is 0.0229. The van der Waals surface area contributed by atoms with Crippen molar-refractivity contribution in [1.29, 1.82) is 0 Å². The van der Waals surface area contributed by atoms with Gasteiger partial charge >= 0.3 is 0 Å². The first-order chi connectivity index (χ1) is 16.2. The summed E-state index contributed by atoms with van der Waals surface area (Å²) < 4.78 is 19.5. The first-order valence-corrected chi connectivity index (χ1v) is 9.79. The number of nitrogens with zero attached hydrogens (tertiary/aromatic N) is 3. The van der Waals surface area contributed by atoms with E-state index in [1.807, 2.05) is 0 Å². The van der Waals surface area contributed by atoms with Crippen molar-refractivity contribution in [2.75, 3.05) is 16.8 Å². The molecule has 0 saturated carbocycles. The van der Waals surface area contributed by atoms with E-state index in [0.717, 1.165) is 18.2 Å². The molecule has 0 atom stereocenters. The molecule has 3 aromatic rings. The number of fused-ring (bicyclic) bond motifs is 1. The summed E-state index contributed by atoms with van der Waals surface area (Å²) >= 11 is 0. The molecule has 0 spiro atoms. The quantitative estimate of drug-likeness (QED) is 0.429. The normalized spacial score (nSPS) is 12.5. The third-order valence-electron chi connectivity index (χ3n) is 5.03. The van der Waals surface area contributed by atoms with Gasteiger partial charge in [0, 0.05) is 29.4 Å². The van der Waals surface area contributed by atoms with Crippen LogP contribution in [0.3, 0.4) is 0 Å². The molecule has 1 aliphatic rings. The first kappa shape index (κ1) is 22.3. The highest BCUT2D eigenvalue weighted by atomic mass is 19.1. The van der Waals surface area contributed by atoms with Gasteiger partial charge < -0.3 is 15.0 Å². The summed E-state index contributed by atoms with van der Waals surface area (Å²) in [5, 5.41) is 24.6. The molecule has 0 aromatic heterocycles. The van der Waals surface area contributed by atoms with Crippen LogP contribution in [0.2, 0.25) is 0 Å². The Hall–Kier alpha value is -4.87. The Morgan fingerprint density at radius 2 is 1.71 bits per heavy atom. The molecule has 2 amide bonds. The molecule has 3 aromatic carbocycles. The van der Waals surface area contributed by atoms with Crippen molar-refractivity contribution in [2.45, 2.75) is 6.54 Å². The van der Waals surface area contributed by atoms with E-state index in [4.69, 9.17) is 4.74 Å². The summed E-state index contributed by atoms with van der Waals surface area (Å²) in [5.74, 6) is -1.41. The van der Waals surface area contributed by atoms with Gasteiger partial charge in [0.15, 0.2) is 6.61 Å². The van der Waals surface area contributed by atoms with Crippen LogP contribution in [0.1, 0.15) is 15.9 Å². The molecule has 11 nitrogen and oxygen atoms in total. The zero-order valence-corrected chi connectivity index (χ0v) is 17.3. The van der Waals surface area contributed by atoms with E-state index >= 15 is 0 Å². The number of nitro groups is 2. The molecular weight excluding hydrogens is 451 g/mol. The molecule has 0 unspecified atom stereocenters. The summed E-state index contributed by atoms with van der Waals surface area (Å²) in [6.45, 7) is -0.319. The van der Waals surface area contributed by atoms with E-state index in [-0.39, 0.29) is 36.1 Å². The molecule has 34 heavy (non-hydrogen) atoms. The summed E-state index contributed by atoms with van der Waals surface area (Å²) in [6, 6.07) is 13.0. The fraction of sp³-hybridized carbons (Fsp3) is 0.0909. The molecule has 1 aliphatic heterocycles. The number of carbonyl (C=O) groups is 2. The second kappa shape index (κ2) is 8.94. The number of hydrogen-bond acceptors (Lipinski definition) is 7. The van der Waals surface area contributed by atoms with Crippen molar-refractivity contribution in [3.63, 3.8) is 0 Å². The third kappa shape index (κ3) is 4.50. The first-order valence-electron chi connectivity index (χ1n) is 9.79. The second-order valence-corrected chi connectivity index (χ2v) is 7.25. The molecule has 0 saturated heterocycles. The van der Waals surface area contributed by atoms with Crippen molar-refractivity contribution in [3.05, 3.63) is 97.8 Å². The fourth-order valence-corrected chi connectivity index (χ4v) is 3.39. The van der Waals surface area contributed by atoms with Gasteiger partial charge in [0.2, 0.25) is 0 Å². The van der Waals surface area contributed by atoms with Crippen LogP contribution in [0, 0.1) is 26.0 Å². The van der Waals surface area contributed by atoms with Crippen LogP contribution in [0.25, 0.3) is 0 Å². The van der Waals surface area contributed by atoms with Crippen LogP contribution in [-0.2, 0) is 11.3 Å². The smallest absolute Gasteiger partial charge is 0.277 e. The number of rotatable bonds is 6. The Kier molecular flexibility index (Phi) is 5.87. The Bertz CT molecular complexity index is 1310. The lowest BCUT2D eigenvalue weighted by molar-refractivity contribution is -0.394. The Morgan fingerprint density at radius 3 is 2.35 bits per heavy atom. The summed E-state index contributed by atoms with van der Waals surface area (Å²) in [7, 11) is 0. The van der Waals surface area contributed by atoms with Crippen molar-refractivity contribution in [1.82, 2.24) is 0 Å². The number of non-ortho nitro benzene ring substituents is 2. The number of ether oxygens (including phenoxy) is 1. The average Bonchev–Trinajstić information content (AvgIpc) is 2.81. The van der Waals surface area contributed by atoms with Gasteiger partial charge in [-0.1, -0.05) is 18.2 Å². The maximum absolute atomic E-state index is 14.1. The predicted octanol–water partition coefficient (Wildman–Crippen LogP) is 3.82. The molecule has 4 rings (SSSR count). The molecule has 0 radical (unpaired) electrons. The second-order valence-electron chi connectivity index (χ2n) is 7.25. The van der Waals surface area contributed by atoms with E-state index < -0.39 is 32.9 Å². The lowest BCUT2D eigenvalue weighted by atomic mass is 10.1. The highest BCUT2D eigenvalue weighted by molar-refractivity contribution is 6.06. The number of benzene rings is 3. The van der Waals surface area contributed by atoms with Crippen molar-refractivity contribution in [3.8, 4) is 5.75 Å². The molecular formula is C22H15FN4O7. The lowest BCUT2D eigenvalue weighted by Gasteiger charge is -2.30. The number of hydrogen-bond donors (Lipinski definition) is 1. The highest BCUT2D eigenvalue weighted by Crippen LogP contribution is 2.36. The van der Waals surface area contributed by atoms with Crippen LogP contribution in [-0.4, -0.2) is 28.3 Å². The highest BCUT2D eigenvalue weighted by Gasteiger charge is 2.27. The number of carbonyl (C=O) groups excluding carboxylic acids is 2. The maximum atomic E-state index is 14.1. The monoisotopic (exact) mass is 466 g/mol. The van der Waals surface area contributed by atoms with Crippen molar-refractivity contribution in [2.24, 2.45) is 0 Å². The molecule has 0 bridgehead atoms. The summed E-state index contributed by atoms with van der Waals surface area (Å²) in [4.78, 5) is 46.8. The van der Waals surface area contributed by atoms with Gasteiger partial charge in [-0.25, -0.2) is 4.39 Å². The summed E-state index contributed by atoms with van der Waals surface area (Å²) in [6.07, 6.45) is 0. The van der Waals surface area contributed by atoms with Gasteiger partial charge in [-0.05, 0) is 18.2 Å². The van der Waals surface area contributed by atoms with E-state index in [1.54, 1.807) is 18.2 Å². The number of anilines is 2. The molecule has 1 heterocycles. The van der Waals surface area contributed by atoms with E-state index in [0.29, 0.717) is 11.3 Å². The van der Waals surface area contributed by atoms with Crippen LogP contribution in [0.5, 0.6) is 5.75 Å². The Labute approximate surface area is 190 Å². The predicted molar refractivity (Wildman–Crippen MR) is 117 cm³/mol. The third-order valence-corrected chi connectivity index (χ3v) is 5.03. The van der Waals surface area contributed by atoms with Crippen molar-refractivity contribution < 1.29 is 28.6 Å². The minimum atomic E-state index is -0.836. The molecule has 0 aliphatic carbocycles. The largest absolute Gasteiger partial charge is 0.481 e. The fourth-order valence-electron chi connectivity index (χ4n) is 3.39. The van der Waals surface area contributed by atoms with E-state index in [1.165, 1.54) is 29.2 Å². The van der Waals surface area contributed by atoms with Gasteiger partial charge in [0.1, 0.15) is 11.6 Å². The van der Waals surface area contributed by atoms with Gasteiger partial charge in [0.25, 0.3) is 23.2 Å². The molecule has 12 heteroatoms. The van der Waals surface area contributed by atoms with E-state index in [9.17, 15) is 34.2 Å². The lowest BCUT2D eigenvalue weighted by Crippen LogP contribution is -2.38. The maximum Gasteiger partial charge on any atom is 0.277 e. The number of halogens is 1. The topological polar surface area (TPSA) is 145 Å². The zero-order chi connectivity index (χ0) is 24.4. The minimum Gasteiger partial charge on any atom is -0.481 e. The Morgan fingerprint density at radius 1 is 1.03 bits per heavy atom. The van der Waals surface area contributed by atoms with Crippen LogP contribution < -0.4 is 15.0 Å². The van der Waals surface area contributed by atoms with Crippen LogP contribution in [0.15, 0.2) is 60.7 Å². The number of nitro benzene ring substituents is 2. The van der Waals surface area contributed by atoms with Gasteiger partial charge in [-0.15, -0.1) is 0 Å². The Balaban J connectivity index is 1.59. The van der Waals surface area contributed by atoms with Crippen LogP contribution >= 0.6 is 0 Å². The standard InChI is InChI=1S/C22H15FN4O7/c23-18-4-2-1-3-13(18)11-25-19-6-5-15(9-20(19)34-12-21(25)28)24-22(29)14-7-16(26(30)31)10-17(8-14)27(32)33/h1-10H,11-12H2,(H,24,29). The number of amides is 2. The van der Waals surface area contributed by atoms with Crippen molar-refractivity contribution >= 4 is 34.6 Å². The van der Waals surface area contributed by atoms with Gasteiger partial charge in [0.05, 0.1) is 33.7 Å². The van der Waals surface area contributed by atoms with Gasteiger partial charge in [-0.2, -0.15) is 0 Å². The molecule has 0 fully saturated rings. The average molecular weight is 466 g/mol. The SMILES string of the molecule is O=C(Nc1ccc2c(c1)OCC(=O)N2Cc1ccccc1F)c1cc([N+](=O)[O-])cc([N+](=O)[O-])c1. The summed E-state index contributed by atoms with van der Waals surface area (Å²) in [5.41, 5.74) is -0.586. The zero-order valence-electron chi connectivity index (χ0n) is 17.3.